The van der Waals surface area contributed by atoms with E-state index in [0.717, 1.165) is 16.0 Å². The summed E-state index contributed by atoms with van der Waals surface area (Å²) in [6.07, 6.45) is 1.20. The summed E-state index contributed by atoms with van der Waals surface area (Å²) in [6.45, 7) is 0. The van der Waals surface area contributed by atoms with Gasteiger partial charge in [0.15, 0.2) is 15.6 Å². The summed E-state index contributed by atoms with van der Waals surface area (Å²) in [7, 11) is -3.25. The first-order valence-corrected chi connectivity index (χ1v) is 11.9. The van der Waals surface area contributed by atoms with Gasteiger partial charge in [-0.25, -0.2) is 13.4 Å². The van der Waals surface area contributed by atoms with Crippen LogP contribution in [0.15, 0.2) is 99.1 Å². The first-order chi connectivity index (χ1) is 14.0. The van der Waals surface area contributed by atoms with Crippen LogP contribution in [0.2, 0.25) is 0 Å². The summed E-state index contributed by atoms with van der Waals surface area (Å²) in [6, 6.07) is 26.7. The molecule has 4 nitrogen and oxygen atoms in total. The SMILES string of the molecule is CS(=O)(=O)c1ccc(-c2nc(CSc3ccccc3)oc2-c2ccccc2)cc1. The fraction of sp³-hybridized carbons (Fsp3) is 0.0870. The van der Waals surface area contributed by atoms with Crippen LogP contribution >= 0.6 is 11.8 Å². The highest BCUT2D eigenvalue weighted by Gasteiger charge is 2.18. The van der Waals surface area contributed by atoms with Crippen LogP contribution in [-0.4, -0.2) is 19.7 Å². The number of aromatic nitrogens is 1. The van der Waals surface area contributed by atoms with Crippen molar-refractivity contribution < 1.29 is 12.8 Å². The van der Waals surface area contributed by atoms with Crippen LogP contribution < -0.4 is 0 Å². The summed E-state index contributed by atoms with van der Waals surface area (Å²) in [4.78, 5) is 6.15. The zero-order chi connectivity index (χ0) is 20.3. The van der Waals surface area contributed by atoms with Gasteiger partial charge in [0.2, 0.25) is 5.89 Å². The monoisotopic (exact) mass is 421 g/mol. The summed E-state index contributed by atoms with van der Waals surface area (Å²) in [5.41, 5.74) is 2.45. The van der Waals surface area contributed by atoms with Gasteiger partial charge in [-0.05, 0) is 24.3 Å². The summed E-state index contributed by atoms with van der Waals surface area (Å²) >= 11 is 1.66. The number of benzene rings is 3. The molecule has 0 fully saturated rings. The molecule has 0 unspecified atom stereocenters. The van der Waals surface area contributed by atoms with E-state index in [1.54, 1.807) is 36.0 Å². The van der Waals surface area contributed by atoms with E-state index in [0.29, 0.717) is 23.1 Å². The average Bonchev–Trinajstić information content (AvgIpc) is 3.17. The predicted molar refractivity (Wildman–Crippen MR) is 116 cm³/mol. The predicted octanol–water partition coefficient (Wildman–Crippen LogP) is 5.70. The fourth-order valence-corrected chi connectivity index (χ4v) is 4.32. The van der Waals surface area contributed by atoms with Crippen molar-refractivity contribution in [3.05, 3.63) is 90.8 Å². The Bertz CT molecular complexity index is 1200. The molecule has 3 aromatic carbocycles. The topological polar surface area (TPSA) is 60.2 Å². The van der Waals surface area contributed by atoms with Crippen LogP contribution in [0.3, 0.4) is 0 Å². The third kappa shape index (κ3) is 4.60. The molecule has 0 atom stereocenters. The largest absolute Gasteiger partial charge is 0.439 e. The minimum atomic E-state index is -3.25. The number of nitrogens with zero attached hydrogens (tertiary/aromatic N) is 1. The smallest absolute Gasteiger partial charge is 0.205 e. The van der Waals surface area contributed by atoms with E-state index in [-0.39, 0.29) is 4.90 Å². The fourth-order valence-electron chi connectivity index (χ4n) is 2.93. The first-order valence-electron chi connectivity index (χ1n) is 9.04. The number of hydrogen-bond acceptors (Lipinski definition) is 5. The number of oxazole rings is 1. The van der Waals surface area contributed by atoms with Gasteiger partial charge in [-0.3, -0.25) is 0 Å². The zero-order valence-corrected chi connectivity index (χ0v) is 17.4. The van der Waals surface area contributed by atoms with Crippen molar-refractivity contribution in [3.8, 4) is 22.6 Å². The maximum Gasteiger partial charge on any atom is 0.205 e. The molecular weight excluding hydrogens is 402 g/mol. The highest BCUT2D eigenvalue weighted by Crippen LogP contribution is 2.34. The third-order valence-electron chi connectivity index (χ3n) is 4.37. The van der Waals surface area contributed by atoms with Crippen LogP contribution in [0.25, 0.3) is 22.6 Å². The standard InChI is InChI=1S/C23H19NO3S2/c1-29(25,26)20-14-12-17(13-15-20)22-23(18-8-4-2-5-9-18)27-21(24-22)16-28-19-10-6-3-7-11-19/h2-15H,16H2,1H3. The third-order valence-corrected chi connectivity index (χ3v) is 6.49. The van der Waals surface area contributed by atoms with Crippen LogP contribution in [0.4, 0.5) is 0 Å². The lowest BCUT2D eigenvalue weighted by Gasteiger charge is -2.03. The van der Waals surface area contributed by atoms with Gasteiger partial charge in [0.05, 0.1) is 10.6 Å². The van der Waals surface area contributed by atoms with Crippen LogP contribution in [-0.2, 0) is 15.6 Å². The molecule has 0 saturated carbocycles. The molecular formula is C23H19NO3S2. The van der Waals surface area contributed by atoms with E-state index in [1.807, 2.05) is 48.5 Å². The van der Waals surface area contributed by atoms with Crippen LogP contribution in [0.5, 0.6) is 0 Å². The zero-order valence-electron chi connectivity index (χ0n) is 15.8. The minimum absolute atomic E-state index is 0.283. The minimum Gasteiger partial charge on any atom is -0.439 e. The molecule has 0 bridgehead atoms. The van der Waals surface area contributed by atoms with Gasteiger partial charge in [-0.15, -0.1) is 11.8 Å². The molecule has 0 amide bonds. The quantitative estimate of drug-likeness (QED) is 0.374. The van der Waals surface area contributed by atoms with E-state index in [4.69, 9.17) is 9.40 Å². The highest BCUT2D eigenvalue weighted by molar-refractivity contribution is 7.98. The Hall–Kier alpha value is -2.83. The lowest BCUT2D eigenvalue weighted by molar-refractivity contribution is 0.530. The van der Waals surface area contributed by atoms with E-state index in [9.17, 15) is 8.42 Å². The molecule has 4 aromatic rings. The Balaban J connectivity index is 1.70. The first kappa shape index (κ1) is 19.5. The van der Waals surface area contributed by atoms with Gasteiger partial charge in [0.25, 0.3) is 0 Å². The molecule has 29 heavy (non-hydrogen) atoms. The van der Waals surface area contributed by atoms with Crippen molar-refractivity contribution in [2.24, 2.45) is 0 Å². The molecule has 6 heteroatoms. The van der Waals surface area contributed by atoms with Gasteiger partial charge in [0.1, 0.15) is 5.69 Å². The maximum atomic E-state index is 11.8. The molecule has 0 saturated heterocycles. The molecule has 0 aliphatic rings. The molecule has 4 rings (SSSR count). The van der Waals surface area contributed by atoms with Crippen LogP contribution in [0, 0.1) is 0 Å². The van der Waals surface area contributed by atoms with Crippen molar-refractivity contribution in [2.45, 2.75) is 15.5 Å². The number of hydrogen-bond donors (Lipinski definition) is 0. The van der Waals surface area contributed by atoms with Gasteiger partial charge < -0.3 is 4.42 Å². The van der Waals surface area contributed by atoms with Gasteiger partial charge >= 0.3 is 0 Å². The van der Waals surface area contributed by atoms with Crippen molar-refractivity contribution in [1.29, 1.82) is 0 Å². The average molecular weight is 422 g/mol. The summed E-state index contributed by atoms with van der Waals surface area (Å²) in [5.74, 6) is 1.91. The lowest BCUT2D eigenvalue weighted by atomic mass is 10.1. The van der Waals surface area contributed by atoms with Crippen LogP contribution in [0.1, 0.15) is 5.89 Å². The number of rotatable bonds is 6. The Labute approximate surface area is 174 Å². The molecule has 0 radical (unpaired) electrons. The van der Waals surface area contributed by atoms with E-state index < -0.39 is 9.84 Å². The second kappa shape index (κ2) is 8.27. The second-order valence-electron chi connectivity index (χ2n) is 6.55. The Kier molecular flexibility index (Phi) is 5.56. The highest BCUT2D eigenvalue weighted by atomic mass is 32.2. The molecule has 1 aromatic heterocycles. The molecule has 0 N–H and O–H groups in total. The molecule has 0 aliphatic heterocycles. The van der Waals surface area contributed by atoms with Gasteiger partial charge in [-0.1, -0.05) is 60.7 Å². The van der Waals surface area contributed by atoms with Crippen molar-refractivity contribution in [3.63, 3.8) is 0 Å². The second-order valence-corrected chi connectivity index (χ2v) is 9.61. The number of thioether (sulfide) groups is 1. The van der Waals surface area contributed by atoms with E-state index in [2.05, 4.69) is 12.1 Å². The summed E-state index contributed by atoms with van der Waals surface area (Å²) in [5, 5.41) is 0. The molecule has 146 valence electrons. The number of sulfone groups is 1. The van der Waals surface area contributed by atoms with E-state index >= 15 is 0 Å². The molecule has 0 aliphatic carbocycles. The normalized spacial score (nSPS) is 11.5. The lowest BCUT2D eigenvalue weighted by Crippen LogP contribution is -1.96. The Morgan fingerprint density at radius 1 is 0.828 bits per heavy atom. The van der Waals surface area contributed by atoms with Gasteiger partial charge in [0, 0.05) is 22.3 Å². The van der Waals surface area contributed by atoms with Gasteiger partial charge in [-0.2, -0.15) is 0 Å². The van der Waals surface area contributed by atoms with Crippen molar-refractivity contribution in [1.82, 2.24) is 4.98 Å². The Morgan fingerprint density at radius 2 is 1.45 bits per heavy atom. The van der Waals surface area contributed by atoms with Crippen molar-refractivity contribution >= 4 is 21.6 Å². The molecule has 1 heterocycles. The maximum absolute atomic E-state index is 11.8. The Morgan fingerprint density at radius 3 is 2.07 bits per heavy atom. The van der Waals surface area contributed by atoms with Crippen molar-refractivity contribution in [2.75, 3.05) is 6.26 Å². The summed E-state index contributed by atoms with van der Waals surface area (Å²) < 4.78 is 29.6. The molecule has 0 spiro atoms. The van der Waals surface area contributed by atoms with E-state index in [1.165, 1.54) is 6.26 Å².